The molecule has 107 heavy (non-hydrogen) atoms. The van der Waals surface area contributed by atoms with Gasteiger partial charge in [0.1, 0.15) is 0 Å². The van der Waals surface area contributed by atoms with Crippen LogP contribution in [0.1, 0.15) is 89.8 Å². The van der Waals surface area contributed by atoms with Crippen LogP contribution < -0.4 is 0 Å². The fourth-order valence-corrected chi connectivity index (χ4v) is 11.7. The van der Waals surface area contributed by atoms with Gasteiger partial charge in [-0.25, -0.2) is 15.0 Å². The monoisotopic (exact) mass is 1940 g/mol. The van der Waals surface area contributed by atoms with Gasteiger partial charge in [-0.1, -0.05) is 146 Å². The van der Waals surface area contributed by atoms with Crippen molar-refractivity contribution < 1.29 is 84.5 Å². The quantitative estimate of drug-likeness (QED) is 0.133. The third-order valence-corrected chi connectivity index (χ3v) is 16.5. The summed E-state index contributed by atoms with van der Waals surface area (Å²) in [5, 5.41) is 4.12. The van der Waals surface area contributed by atoms with Gasteiger partial charge in [-0.15, -0.1) is 161 Å². The second-order valence-electron chi connectivity index (χ2n) is 24.4. The van der Waals surface area contributed by atoms with Gasteiger partial charge in [-0.2, -0.15) is 0 Å². The van der Waals surface area contributed by atoms with Gasteiger partial charge in [0.25, 0.3) is 0 Å². The summed E-state index contributed by atoms with van der Waals surface area (Å²) in [5.41, 5.74) is 17.1. The van der Waals surface area contributed by atoms with Gasteiger partial charge in [0, 0.05) is 142 Å². The predicted octanol–water partition coefficient (Wildman–Crippen LogP) is 23.0. The number of aryl methyl sites for hydroxylation is 5. The Balaban J connectivity index is 0.000000150. The predicted molar refractivity (Wildman–Crippen MR) is 418 cm³/mol. The molecule has 0 saturated carbocycles. The molecule has 0 fully saturated rings. The minimum absolute atomic E-state index is 0. The van der Waals surface area contributed by atoms with Crippen molar-refractivity contribution in [1.29, 1.82) is 0 Å². The number of nitrogens with zero attached hydrogens (tertiary/aromatic N) is 9. The second-order valence-corrected chi connectivity index (χ2v) is 24.4. The van der Waals surface area contributed by atoms with Crippen molar-refractivity contribution in [2.75, 3.05) is 0 Å². The molecule has 18 rings (SSSR count). The fourth-order valence-electron chi connectivity index (χ4n) is 11.7. The molecule has 15 heteroatoms. The number of hydrogen-bond donors (Lipinski definition) is 0. The Labute approximate surface area is 675 Å². The Morgan fingerprint density at radius 2 is 0.729 bits per heavy atom. The van der Waals surface area contributed by atoms with Crippen molar-refractivity contribution in [3.63, 3.8) is 0 Å². The maximum atomic E-state index is 8.49. The Hall–Kier alpha value is -11.0. The van der Waals surface area contributed by atoms with Gasteiger partial charge in [0.05, 0.1) is 16.7 Å². The summed E-state index contributed by atoms with van der Waals surface area (Å²) in [7, 11) is 0. The van der Waals surface area contributed by atoms with Crippen LogP contribution >= 0.6 is 0 Å². The van der Waals surface area contributed by atoms with Gasteiger partial charge in [-0.3, -0.25) is 0 Å². The van der Waals surface area contributed by atoms with Gasteiger partial charge in [0.2, 0.25) is 17.1 Å². The summed E-state index contributed by atoms with van der Waals surface area (Å²) in [6.45, 7) is 8.10. The molecule has 12 aromatic heterocycles. The van der Waals surface area contributed by atoms with Crippen molar-refractivity contribution in [3.05, 3.63) is 343 Å². The molecule has 537 valence electrons. The van der Waals surface area contributed by atoms with Crippen molar-refractivity contribution in [1.82, 2.24) is 44.9 Å². The van der Waals surface area contributed by atoms with E-state index in [1.807, 2.05) is 242 Å². The Bertz CT molecular complexity index is 5920. The molecule has 0 aliphatic heterocycles. The van der Waals surface area contributed by atoms with Crippen molar-refractivity contribution in [2.45, 2.75) is 74.0 Å². The number of pyridine rings is 9. The molecule has 6 aromatic carbocycles. The fraction of sp³-hybridized carbons (Fsp3) is 0.120. The molecular formula is C92H73Ir3N9O3-6. The zero-order chi connectivity index (χ0) is 78.7. The number of benzene rings is 6. The number of furan rings is 3. The van der Waals surface area contributed by atoms with Gasteiger partial charge >= 0.3 is 0 Å². The molecule has 0 atom stereocenters. The third kappa shape index (κ3) is 18.6. The van der Waals surface area contributed by atoms with E-state index < -0.39 is 25.5 Å². The van der Waals surface area contributed by atoms with E-state index in [0.29, 0.717) is 34.0 Å². The molecule has 18 aromatic rings. The third-order valence-electron chi connectivity index (χ3n) is 16.5. The number of fused-ring (bicyclic) bond motifs is 9. The minimum Gasteiger partial charge on any atom is -0.486 e. The molecule has 0 aliphatic carbocycles. The normalized spacial score (nSPS) is 12.1. The molecule has 3 radical (unpaired) electrons. The molecule has 0 spiro atoms. The number of hydrogen-bond acceptors (Lipinski definition) is 12. The Morgan fingerprint density at radius 1 is 0.327 bits per heavy atom. The van der Waals surface area contributed by atoms with E-state index >= 15 is 0 Å². The van der Waals surface area contributed by atoms with Crippen molar-refractivity contribution >= 4 is 66.2 Å². The van der Waals surface area contributed by atoms with Crippen LogP contribution in [0.5, 0.6) is 0 Å². The van der Waals surface area contributed by atoms with Crippen LogP contribution in [0.4, 0.5) is 0 Å². The molecular weight excluding hydrogens is 1860 g/mol. The van der Waals surface area contributed by atoms with Gasteiger partial charge < -0.3 is 43.2 Å². The van der Waals surface area contributed by atoms with Crippen molar-refractivity contribution in [2.24, 2.45) is 0 Å². The maximum Gasteiger partial charge on any atom is 0.216 e. The van der Waals surface area contributed by atoms with Crippen LogP contribution in [0.25, 0.3) is 134 Å². The molecule has 0 saturated heterocycles. The van der Waals surface area contributed by atoms with E-state index in [2.05, 4.69) is 81.3 Å². The zero-order valence-corrected chi connectivity index (χ0v) is 66.3. The van der Waals surface area contributed by atoms with Crippen LogP contribution in [0, 0.1) is 70.9 Å². The second kappa shape index (κ2) is 37.3. The van der Waals surface area contributed by atoms with E-state index in [4.69, 9.17) is 24.2 Å². The Morgan fingerprint density at radius 3 is 1.17 bits per heavy atom. The summed E-state index contributed by atoms with van der Waals surface area (Å²) in [6.07, 6.45) is 10.5. The molecule has 0 unspecified atom stereocenters. The summed E-state index contributed by atoms with van der Waals surface area (Å²) >= 11 is 0. The van der Waals surface area contributed by atoms with E-state index in [1.165, 1.54) is 12.1 Å². The van der Waals surface area contributed by atoms with E-state index in [1.54, 1.807) is 62.3 Å². The SMILES string of the molecule is [2H]C(C)(C)c1c[c-]c(-c2ccccn2)c2oc3nc(C)ccc3c12.[2H]C(C)(C)c1cc(C)nc2oc3c(-c4ccccn4)[c-]ccc3c12.[2H]C([2H])([2H])c1cc(C)nc2oc3c(-c4ccccn4)[c-]cc(C([2H])([2H])[2H])c3c12.[Ir].[Ir].[Ir].[c-]1ccccc1-c1ccccn1.[c-]1ccccc1-c1ccccn1.[c-]1ccccc1-c1ccccn1. The molecule has 12 heterocycles. The molecule has 12 nitrogen and oxygen atoms in total. The first-order valence-corrected chi connectivity index (χ1v) is 33.6. The van der Waals surface area contributed by atoms with Crippen LogP contribution in [0.2, 0.25) is 0 Å². The van der Waals surface area contributed by atoms with Gasteiger partial charge in [-0.05, 0) is 139 Å². The van der Waals surface area contributed by atoms with E-state index in [-0.39, 0.29) is 93.5 Å². The molecule has 0 bridgehead atoms. The van der Waals surface area contributed by atoms with Crippen molar-refractivity contribution in [3.8, 4) is 67.5 Å². The Kier molecular flexibility index (Phi) is 23.7. The number of rotatable bonds is 8. The van der Waals surface area contributed by atoms with Crippen LogP contribution in [0.3, 0.4) is 0 Å². The van der Waals surface area contributed by atoms with Crippen LogP contribution in [-0.2, 0) is 60.3 Å². The topological polar surface area (TPSA) is 155 Å². The molecule has 0 aliphatic rings. The maximum absolute atomic E-state index is 8.49. The summed E-state index contributed by atoms with van der Waals surface area (Å²) in [6, 6.07) is 91.2. The molecule has 0 N–H and O–H groups in total. The average molecular weight is 1940 g/mol. The van der Waals surface area contributed by atoms with Crippen LogP contribution in [0.15, 0.2) is 281 Å². The first-order chi connectivity index (χ1) is 53.9. The molecule has 0 amide bonds. The van der Waals surface area contributed by atoms with E-state index in [9.17, 15) is 0 Å². The van der Waals surface area contributed by atoms with E-state index in [0.717, 1.165) is 106 Å². The summed E-state index contributed by atoms with van der Waals surface area (Å²) < 4.78 is 82.5. The van der Waals surface area contributed by atoms with Gasteiger partial charge in [0.15, 0.2) is 0 Å². The van der Waals surface area contributed by atoms with Crippen LogP contribution in [-0.4, -0.2) is 44.9 Å². The standard InChI is InChI=1S/2C20H17N2O.C19H15N2O.3C11H8N.3Ir/c1-12(2)16-11-13(3)22-20-18(16)15-8-6-7-14(19(15)23-20)17-9-4-5-10-21-17;1-12(2)14-9-10-15(17-6-4-5-11-21-17)19-18(14)16-8-7-13(3)22-20(16)23-19;1-11-7-8-14(15-6-4-5-9-20-15)18-16(11)17-12(2)10-13(3)21-19(17)22-18;3*1-2-6-10(7-3-1)11-8-4-5-9-12-11;;;/h4-6,8-12H,1-3H3;4-9,11-12H,1-3H3;4-7,9-10H,1-3H3;3*1-6,8-9H;;;/q6*-1;;;/i2*12D;1D3,2D3;;;;;;. The minimum atomic E-state index is -2.48. The summed E-state index contributed by atoms with van der Waals surface area (Å²) in [5.74, 6) is -1.51. The summed E-state index contributed by atoms with van der Waals surface area (Å²) in [4.78, 5) is 39.1. The average Bonchev–Trinajstić information content (AvgIpc) is 1.59. The smallest absolute Gasteiger partial charge is 0.216 e. The zero-order valence-electron chi connectivity index (χ0n) is 67.2. The number of aromatic nitrogens is 9. The largest absolute Gasteiger partial charge is 0.486 e. The first kappa shape index (κ1) is 67.9. The first-order valence-electron chi connectivity index (χ1n) is 37.6.